The molecule has 0 aliphatic carbocycles. The molecule has 1 heterocycles. The van der Waals surface area contributed by atoms with Crippen molar-refractivity contribution in [2.24, 2.45) is 0 Å². The van der Waals surface area contributed by atoms with E-state index >= 15 is 0 Å². The lowest BCUT2D eigenvalue weighted by Gasteiger charge is -2.25. The lowest BCUT2D eigenvalue weighted by Crippen LogP contribution is -2.19. The molecule has 0 aromatic heterocycles. The maximum Gasteiger partial charge on any atom is 0.123 e. The van der Waals surface area contributed by atoms with Gasteiger partial charge in [0.05, 0.1) is 6.61 Å². The Morgan fingerprint density at radius 2 is 1.76 bits per heavy atom. The molecule has 0 unspecified atom stereocenters. The van der Waals surface area contributed by atoms with Gasteiger partial charge in [0, 0.05) is 5.92 Å². The molecule has 1 aliphatic heterocycles. The number of fused-ring (bicyclic) bond motifs is 1. The molecule has 0 fully saturated rings. The molecule has 3 rings (SSSR count). The molecule has 0 bridgehead atoms. The predicted octanol–water partition coefficient (Wildman–Crippen LogP) is 3.54. The number of hydrogen-bond acceptors (Lipinski definition) is 1. The van der Waals surface area contributed by atoms with Crippen molar-refractivity contribution >= 4 is 0 Å². The fourth-order valence-corrected chi connectivity index (χ4v) is 2.28. The zero-order valence-corrected chi connectivity index (χ0v) is 9.40. The average molecular weight is 228 g/mol. The molecule has 2 heteroatoms. The molecule has 2 aromatic carbocycles. The van der Waals surface area contributed by atoms with Crippen LogP contribution in [0.3, 0.4) is 0 Å². The van der Waals surface area contributed by atoms with Crippen molar-refractivity contribution < 1.29 is 9.13 Å². The molecule has 0 spiro atoms. The maximum absolute atomic E-state index is 12.9. The largest absolute Gasteiger partial charge is 0.493 e. The van der Waals surface area contributed by atoms with Gasteiger partial charge in [-0.05, 0) is 35.7 Å². The summed E-state index contributed by atoms with van der Waals surface area (Å²) in [6.07, 6.45) is 0.960. The van der Waals surface area contributed by atoms with Crippen molar-refractivity contribution in [2.75, 3.05) is 6.61 Å². The van der Waals surface area contributed by atoms with Crippen LogP contribution in [-0.2, 0) is 6.42 Å². The van der Waals surface area contributed by atoms with Crippen LogP contribution < -0.4 is 4.74 Å². The van der Waals surface area contributed by atoms with Gasteiger partial charge in [0.1, 0.15) is 11.6 Å². The Morgan fingerprint density at radius 1 is 1.00 bits per heavy atom. The van der Waals surface area contributed by atoms with Crippen LogP contribution in [0.5, 0.6) is 5.75 Å². The number of hydrogen-bond donors (Lipinski definition) is 0. The first-order chi connectivity index (χ1) is 8.33. The molecule has 0 radical (unpaired) electrons. The summed E-state index contributed by atoms with van der Waals surface area (Å²) < 4.78 is 18.6. The fraction of sp³-hybridized carbons (Fsp3) is 0.200. The highest BCUT2D eigenvalue weighted by atomic mass is 19.1. The summed E-state index contributed by atoms with van der Waals surface area (Å²) in [7, 11) is 0. The van der Waals surface area contributed by atoms with Crippen LogP contribution in [0, 0.1) is 5.82 Å². The number of benzene rings is 2. The topological polar surface area (TPSA) is 9.23 Å². The van der Waals surface area contributed by atoms with Crippen LogP contribution in [0.4, 0.5) is 4.39 Å². The summed E-state index contributed by atoms with van der Waals surface area (Å²) >= 11 is 0. The maximum atomic E-state index is 12.9. The Balaban J connectivity index is 1.86. The molecule has 1 aliphatic rings. The van der Waals surface area contributed by atoms with Gasteiger partial charge in [-0.2, -0.15) is 0 Å². The van der Waals surface area contributed by atoms with E-state index in [-0.39, 0.29) is 5.82 Å². The first kappa shape index (κ1) is 10.3. The van der Waals surface area contributed by atoms with Gasteiger partial charge in [-0.15, -0.1) is 0 Å². The van der Waals surface area contributed by atoms with Crippen molar-refractivity contribution in [3.8, 4) is 5.75 Å². The smallest absolute Gasteiger partial charge is 0.123 e. The van der Waals surface area contributed by atoms with Crippen molar-refractivity contribution in [2.45, 2.75) is 12.3 Å². The summed E-state index contributed by atoms with van der Waals surface area (Å²) in [5.74, 6) is 1.11. The summed E-state index contributed by atoms with van der Waals surface area (Å²) in [4.78, 5) is 0. The lowest BCUT2D eigenvalue weighted by molar-refractivity contribution is 0.262. The van der Waals surface area contributed by atoms with Gasteiger partial charge < -0.3 is 4.74 Å². The zero-order chi connectivity index (χ0) is 11.7. The van der Waals surface area contributed by atoms with E-state index in [1.165, 1.54) is 17.7 Å². The molecule has 0 amide bonds. The highest BCUT2D eigenvalue weighted by molar-refractivity contribution is 5.37. The third-order valence-corrected chi connectivity index (χ3v) is 3.22. The second-order valence-corrected chi connectivity index (χ2v) is 4.37. The van der Waals surface area contributed by atoms with E-state index in [1.807, 2.05) is 30.3 Å². The van der Waals surface area contributed by atoms with Crippen molar-refractivity contribution in [3.05, 3.63) is 65.5 Å². The van der Waals surface area contributed by atoms with Gasteiger partial charge in [0.25, 0.3) is 0 Å². The molecule has 1 atom stereocenters. The Bertz CT molecular complexity index is 519. The highest BCUT2D eigenvalue weighted by Gasteiger charge is 2.20. The first-order valence-electron chi connectivity index (χ1n) is 5.79. The van der Waals surface area contributed by atoms with Crippen molar-refractivity contribution in [1.29, 1.82) is 0 Å². The highest BCUT2D eigenvalue weighted by Crippen LogP contribution is 2.31. The zero-order valence-electron chi connectivity index (χ0n) is 9.40. The summed E-state index contributed by atoms with van der Waals surface area (Å²) in [6, 6.07) is 14.8. The van der Waals surface area contributed by atoms with E-state index in [4.69, 9.17) is 4.74 Å². The Labute approximate surface area is 99.9 Å². The summed E-state index contributed by atoms with van der Waals surface area (Å²) in [5.41, 5.74) is 2.37. The number of para-hydroxylation sites is 1. The minimum atomic E-state index is -0.189. The summed E-state index contributed by atoms with van der Waals surface area (Å²) in [5, 5.41) is 0. The Kier molecular flexibility index (Phi) is 2.56. The monoisotopic (exact) mass is 228 g/mol. The molecule has 86 valence electrons. The van der Waals surface area contributed by atoms with Crippen molar-refractivity contribution in [3.63, 3.8) is 0 Å². The lowest BCUT2D eigenvalue weighted by atomic mass is 9.90. The Hall–Kier alpha value is -1.83. The van der Waals surface area contributed by atoms with Crippen LogP contribution in [-0.4, -0.2) is 6.61 Å². The van der Waals surface area contributed by atoms with E-state index in [9.17, 15) is 4.39 Å². The Morgan fingerprint density at radius 3 is 2.59 bits per heavy atom. The standard InChI is InChI=1S/C15H13FO/c16-14-7-5-11(6-8-14)13-9-12-3-1-2-4-15(12)17-10-13/h1-8,13H,9-10H2/t13-/m1/s1. The minimum absolute atomic E-state index is 0.189. The molecule has 2 aromatic rings. The number of rotatable bonds is 1. The molecule has 0 N–H and O–H groups in total. The average Bonchev–Trinajstić information content (AvgIpc) is 2.39. The van der Waals surface area contributed by atoms with Crippen LogP contribution in [0.25, 0.3) is 0 Å². The molecular formula is C15H13FO. The van der Waals surface area contributed by atoms with E-state index in [1.54, 1.807) is 0 Å². The SMILES string of the molecule is Fc1ccc([C@H]2COc3ccccc3C2)cc1. The molecule has 0 saturated carbocycles. The van der Waals surface area contributed by atoms with E-state index in [0.29, 0.717) is 12.5 Å². The number of ether oxygens (including phenoxy) is 1. The van der Waals surface area contributed by atoms with Crippen LogP contribution in [0.15, 0.2) is 48.5 Å². The second-order valence-electron chi connectivity index (χ2n) is 4.37. The second kappa shape index (κ2) is 4.21. The van der Waals surface area contributed by atoms with Crippen LogP contribution in [0.2, 0.25) is 0 Å². The minimum Gasteiger partial charge on any atom is -0.493 e. The van der Waals surface area contributed by atoms with Crippen LogP contribution >= 0.6 is 0 Å². The normalized spacial score (nSPS) is 18.3. The molecule has 17 heavy (non-hydrogen) atoms. The van der Waals surface area contributed by atoms with E-state index in [0.717, 1.165) is 17.7 Å². The van der Waals surface area contributed by atoms with E-state index in [2.05, 4.69) is 6.07 Å². The third kappa shape index (κ3) is 2.03. The quantitative estimate of drug-likeness (QED) is 0.725. The molecule has 0 saturated heterocycles. The van der Waals surface area contributed by atoms with Gasteiger partial charge in [-0.3, -0.25) is 0 Å². The fourth-order valence-electron chi connectivity index (χ4n) is 2.28. The predicted molar refractivity (Wildman–Crippen MR) is 64.8 cm³/mol. The summed E-state index contributed by atoms with van der Waals surface area (Å²) in [6.45, 7) is 0.669. The van der Waals surface area contributed by atoms with Gasteiger partial charge in [-0.1, -0.05) is 30.3 Å². The van der Waals surface area contributed by atoms with Crippen molar-refractivity contribution in [1.82, 2.24) is 0 Å². The van der Waals surface area contributed by atoms with Gasteiger partial charge in [0.2, 0.25) is 0 Å². The molecule has 1 nitrogen and oxygen atoms in total. The van der Waals surface area contributed by atoms with E-state index < -0.39 is 0 Å². The van der Waals surface area contributed by atoms with Gasteiger partial charge >= 0.3 is 0 Å². The third-order valence-electron chi connectivity index (χ3n) is 3.22. The van der Waals surface area contributed by atoms with Gasteiger partial charge in [-0.25, -0.2) is 4.39 Å². The van der Waals surface area contributed by atoms with Crippen LogP contribution in [0.1, 0.15) is 17.0 Å². The van der Waals surface area contributed by atoms with Gasteiger partial charge in [0.15, 0.2) is 0 Å². The number of halogens is 1. The first-order valence-corrected chi connectivity index (χ1v) is 5.79. The molecular weight excluding hydrogens is 215 g/mol.